The molecule has 6 heteroatoms. The Hall–Kier alpha value is -2.73. The first kappa shape index (κ1) is 18.6. The number of hydrogen-bond donors (Lipinski definition) is 1. The van der Waals surface area contributed by atoms with Gasteiger partial charge in [-0.1, -0.05) is 29.4 Å². The second-order valence-corrected chi connectivity index (χ2v) is 7.86. The molecule has 4 rings (SSSR count). The van der Waals surface area contributed by atoms with Crippen molar-refractivity contribution < 1.29 is 9.32 Å². The van der Waals surface area contributed by atoms with E-state index >= 15 is 0 Å². The molecule has 2 heterocycles. The number of anilines is 1. The number of rotatable bonds is 5. The maximum absolute atomic E-state index is 12.8. The molecule has 2 aromatic carbocycles. The van der Waals surface area contributed by atoms with Gasteiger partial charge in [0.25, 0.3) is 5.91 Å². The van der Waals surface area contributed by atoms with Gasteiger partial charge in [0, 0.05) is 29.6 Å². The van der Waals surface area contributed by atoms with Gasteiger partial charge in [0.15, 0.2) is 5.82 Å². The highest BCUT2D eigenvalue weighted by Gasteiger charge is 2.18. The second-order valence-electron chi connectivity index (χ2n) is 6.98. The minimum absolute atomic E-state index is 0.140. The molecule has 5 nitrogen and oxygen atoms in total. The van der Waals surface area contributed by atoms with Crippen molar-refractivity contribution in [1.82, 2.24) is 10.1 Å². The Labute approximate surface area is 169 Å². The number of aromatic nitrogens is 1. The van der Waals surface area contributed by atoms with E-state index in [-0.39, 0.29) is 5.91 Å². The van der Waals surface area contributed by atoms with Crippen LogP contribution in [0.4, 0.5) is 5.82 Å². The third-order valence-corrected chi connectivity index (χ3v) is 5.66. The SMILES string of the molecule is Cc1cc(NSc2ccc(-c3cccc(C(=O)N4CCCCC4)c3)cc2)no1. The number of carbonyl (C=O) groups is 1. The third-order valence-electron chi connectivity index (χ3n) is 4.84. The smallest absolute Gasteiger partial charge is 0.253 e. The maximum atomic E-state index is 12.8. The minimum atomic E-state index is 0.140. The molecule has 1 fully saturated rings. The van der Waals surface area contributed by atoms with Gasteiger partial charge in [0.1, 0.15) is 5.76 Å². The molecule has 1 amide bonds. The van der Waals surface area contributed by atoms with Crippen molar-refractivity contribution in [3.8, 4) is 11.1 Å². The summed E-state index contributed by atoms with van der Waals surface area (Å²) in [7, 11) is 0. The molecule has 0 saturated carbocycles. The zero-order chi connectivity index (χ0) is 19.3. The lowest BCUT2D eigenvalue weighted by atomic mass is 10.0. The minimum Gasteiger partial charge on any atom is -0.360 e. The molecule has 0 bridgehead atoms. The Kier molecular flexibility index (Phi) is 5.67. The second kappa shape index (κ2) is 8.52. The number of nitrogens with one attached hydrogen (secondary N) is 1. The van der Waals surface area contributed by atoms with E-state index in [1.54, 1.807) is 0 Å². The van der Waals surface area contributed by atoms with Crippen LogP contribution in [0, 0.1) is 6.92 Å². The van der Waals surface area contributed by atoms with Crippen LogP contribution < -0.4 is 4.72 Å². The topological polar surface area (TPSA) is 58.4 Å². The number of aryl methyl sites for hydroxylation is 1. The van der Waals surface area contributed by atoms with E-state index in [0.717, 1.165) is 53.3 Å². The number of benzene rings is 2. The summed E-state index contributed by atoms with van der Waals surface area (Å²) >= 11 is 1.48. The van der Waals surface area contributed by atoms with E-state index in [9.17, 15) is 4.79 Å². The maximum Gasteiger partial charge on any atom is 0.253 e. The van der Waals surface area contributed by atoms with E-state index in [1.807, 2.05) is 42.2 Å². The molecule has 0 aliphatic carbocycles. The lowest BCUT2D eigenvalue weighted by molar-refractivity contribution is 0.0724. The van der Waals surface area contributed by atoms with Crippen LogP contribution >= 0.6 is 11.9 Å². The summed E-state index contributed by atoms with van der Waals surface area (Å²) in [5.41, 5.74) is 2.91. The molecule has 3 aromatic rings. The van der Waals surface area contributed by atoms with Crippen molar-refractivity contribution in [2.75, 3.05) is 17.8 Å². The van der Waals surface area contributed by atoms with Gasteiger partial charge in [0.2, 0.25) is 0 Å². The average molecular weight is 394 g/mol. The fraction of sp³-hybridized carbons (Fsp3) is 0.273. The Morgan fingerprint density at radius 1 is 1.04 bits per heavy atom. The van der Waals surface area contributed by atoms with Crippen LogP contribution in [-0.4, -0.2) is 29.1 Å². The molecular formula is C22H23N3O2S. The van der Waals surface area contributed by atoms with E-state index in [2.05, 4.69) is 34.1 Å². The molecule has 144 valence electrons. The third kappa shape index (κ3) is 4.39. The van der Waals surface area contributed by atoms with Gasteiger partial charge in [0.05, 0.1) is 0 Å². The lowest BCUT2D eigenvalue weighted by Crippen LogP contribution is -2.35. The fourth-order valence-corrected chi connectivity index (χ4v) is 3.94. The van der Waals surface area contributed by atoms with Crippen LogP contribution in [0.5, 0.6) is 0 Å². The summed E-state index contributed by atoms with van der Waals surface area (Å²) in [6.07, 6.45) is 3.43. The summed E-state index contributed by atoms with van der Waals surface area (Å²) in [5, 5.41) is 3.92. The summed E-state index contributed by atoms with van der Waals surface area (Å²) in [4.78, 5) is 15.8. The molecule has 0 unspecified atom stereocenters. The van der Waals surface area contributed by atoms with Gasteiger partial charge >= 0.3 is 0 Å². The number of piperidine rings is 1. The van der Waals surface area contributed by atoms with Gasteiger partial charge in [-0.2, -0.15) is 0 Å². The molecule has 28 heavy (non-hydrogen) atoms. The summed E-state index contributed by atoms with van der Waals surface area (Å²) < 4.78 is 8.21. The molecule has 0 radical (unpaired) electrons. The van der Waals surface area contributed by atoms with Crippen molar-refractivity contribution in [3.63, 3.8) is 0 Å². The molecular weight excluding hydrogens is 370 g/mol. The highest BCUT2D eigenvalue weighted by Crippen LogP contribution is 2.26. The fourth-order valence-electron chi connectivity index (χ4n) is 3.35. The van der Waals surface area contributed by atoms with E-state index < -0.39 is 0 Å². The number of likely N-dealkylation sites (tertiary alicyclic amines) is 1. The average Bonchev–Trinajstić information content (AvgIpc) is 3.18. The van der Waals surface area contributed by atoms with Gasteiger partial charge in [-0.25, -0.2) is 0 Å². The van der Waals surface area contributed by atoms with Crippen molar-refractivity contribution in [3.05, 3.63) is 65.9 Å². The zero-order valence-electron chi connectivity index (χ0n) is 15.9. The van der Waals surface area contributed by atoms with Gasteiger partial charge in [-0.05, 0) is 73.5 Å². The van der Waals surface area contributed by atoms with Gasteiger partial charge in [-0.15, -0.1) is 0 Å². The molecule has 1 aliphatic heterocycles. The first-order chi connectivity index (χ1) is 13.7. The summed E-state index contributed by atoms with van der Waals surface area (Å²) in [5.74, 6) is 1.62. The molecule has 1 saturated heterocycles. The normalized spacial score (nSPS) is 14.1. The molecule has 1 N–H and O–H groups in total. The lowest BCUT2D eigenvalue weighted by Gasteiger charge is -2.26. The Morgan fingerprint density at radius 2 is 1.82 bits per heavy atom. The number of carbonyl (C=O) groups excluding carboxylic acids is 1. The Bertz CT molecular complexity index is 946. The van der Waals surface area contributed by atoms with Crippen LogP contribution in [0.1, 0.15) is 35.4 Å². The van der Waals surface area contributed by atoms with Crippen molar-refractivity contribution in [2.24, 2.45) is 0 Å². The molecule has 1 aromatic heterocycles. The highest BCUT2D eigenvalue weighted by atomic mass is 32.2. The summed E-state index contributed by atoms with van der Waals surface area (Å²) in [6, 6.07) is 18.0. The zero-order valence-corrected chi connectivity index (χ0v) is 16.7. The predicted molar refractivity (Wildman–Crippen MR) is 112 cm³/mol. The molecule has 0 spiro atoms. The number of nitrogens with zero attached hydrogens (tertiary/aromatic N) is 2. The predicted octanol–water partition coefficient (Wildman–Crippen LogP) is 5.40. The van der Waals surface area contributed by atoms with Crippen molar-refractivity contribution in [1.29, 1.82) is 0 Å². The largest absolute Gasteiger partial charge is 0.360 e. The van der Waals surface area contributed by atoms with Crippen LogP contribution in [0.15, 0.2) is 64.0 Å². The number of hydrogen-bond acceptors (Lipinski definition) is 5. The molecule has 0 atom stereocenters. The van der Waals surface area contributed by atoms with Crippen LogP contribution in [0.3, 0.4) is 0 Å². The standard InChI is InChI=1S/C22H23N3O2S/c1-16-14-21(23-27-16)24-28-20-10-8-17(9-11-20)18-6-5-7-19(15-18)22(26)25-12-3-2-4-13-25/h5-11,14-15H,2-4,12-13H2,1H3,(H,23,24). The Balaban J connectivity index is 1.44. The van der Waals surface area contributed by atoms with Crippen molar-refractivity contribution in [2.45, 2.75) is 31.1 Å². The quantitative estimate of drug-likeness (QED) is 0.589. The van der Waals surface area contributed by atoms with E-state index in [4.69, 9.17) is 4.52 Å². The van der Waals surface area contributed by atoms with Crippen LogP contribution in [-0.2, 0) is 0 Å². The monoisotopic (exact) mass is 393 g/mol. The summed E-state index contributed by atoms with van der Waals surface area (Å²) in [6.45, 7) is 3.60. The first-order valence-corrected chi connectivity index (χ1v) is 10.4. The Morgan fingerprint density at radius 3 is 2.54 bits per heavy atom. The van der Waals surface area contributed by atoms with E-state index in [1.165, 1.54) is 18.4 Å². The first-order valence-electron chi connectivity index (χ1n) is 9.55. The number of amides is 1. The van der Waals surface area contributed by atoms with E-state index in [0.29, 0.717) is 5.82 Å². The highest BCUT2D eigenvalue weighted by molar-refractivity contribution is 8.00. The molecule has 1 aliphatic rings. The van der Waals surface area contributed by atoms with Crippen LogP contribution in [0.2, 0.25) is 0 Å². The van der Waals surface area contributed by atoms with Gasteiger partial charge in [-0.3, -0.25) is 4.79 Å². The van der Waals surface area contributed by atoms with Crippen LogP contribution in [0.25, 0.3) is 11.1 Å². The van der Waals surface area contributed by atoms with Gasteiger partial charge < -0.3 is 14.1 Å². The van der Waals surface area contributed by atoms with Crippen molar-refractivity contribution >= 4 is 23.7 Å².